The largest absolute Gasteiger partial charge is 0.384 e. The fourth-order valence-electron chi connectivity index (χ4n) is 4.13. The summed E-state index contributed by atoms with van der Waals surface area (Å²) >= 11 is 0. The molecule has 5 atom stereocenters. The maximum atomic E-state index is 10.2. The van der Waals surface area contributed by atoms with Gasteiger partial charge in [-0.1, -0.05) is 30.4 Å². The molecule has 2 aliphatic carbocycles. The molecule has 0 radical (unpaired) electrons. The fraction of sp³-hybridized carbons (Fsp3) is 0.727. The molecular weight excluding hydrogens is 310 g/mol. The number of epoxide rings is 1. The van der Waals surface area contributed by atoms with Crippen molar-refractivity contribution >= 4 is 0 Å². The van der Waals surface area contributed by atoms with Crippen LogP contribution in [0.3, 0.4) is 0 Å². The Morgan fingerprint density at radius 3 is 2.28 bits per heavy atom. The van der Waals surface area contributed by atoms with E-state index < -0.39 is 5.60 Å². The maximum Gasteiger partial charge on any atom is 0.101 e. The van der Waals surface area contributed by atoms with Crippen LogP contribution in [0.25, 0.3) is 0 Å². The zero-order valence-electron chi connectivity index (χ0n) is 17.1. The zero-order chi connectivity index (χ0) is 19.0. The van der Waals surface area contributed by atoms with Gasteiger partial charge in [-0.15, -0.1) is 0 Å². The van der Waals surface area contributed by atoms with Gasteiger partial charge in [0.05, 0.1) is 11.7 Å². The summed E-state index contributed by atoms with van der Waals surface area (Å²) in [6.45, 7) is 16.3. The minimum Gasteiger partial charge on any atom is -0.384 e. The molecule has 0 aromatic rings. The molecule has 1 heterocycles. The van der Waals surface area contributed by atoms with E-state index in [0.717, 1.165) is 24.5 Å². The highest BCUT2D eigenvalue weighted by molar-refractivity contribution is 5.23. The first-order chi connectivity index (χ1) is 11.5. The lowest BCUT2D eigenvalue weighted by molar-refractivity contribution is 0.0523. The topological polar surface area (TPSA) is 36.0 Å². The number of likely N-dealkylation sites (N-methyl/N-ethyl adjacent to an activating group) is 1. The summed E-state index contributed by atoms with van der Waals surface area (Å²) in [4.78, 5) is 2.00. The van der Waals surface area contributed by atoms with Crippen molar-refractivity contribution in [2.75, 3.05) is 14.1 Å². The Balaban J connectivity index is 0.000000185. The van der Waals surface area contributed by atoms with E-state index >= 15 is 0 Å². The van der Waals surface area contributed by atoms with E-state index in [1.165, 1.54) is 30.4 Å². The summed E-state index contributed by atoms with van der Waals surface area (Å²) in [5, 5.41) is 10.2. The van der Waals surface area contributed by atoms with Gasteiger partial charge in [0, 0.05) is 19.8 Å². The Kier molecular flexibility index (Phi) is 5.90. The Morgan fingerprint density at radius 2 is 1.80 bits per heavy atom. The second kappa shape index (κ2) is 7.28. The highest BCUT2D eigenvalue weighted by Gasteiger charge is 2.55. The number of allylic oxidation sites excluding steroid dienone is 3. The van der Waals surface area contributed by atoms with Crippen LogP contribution in [-0.4, -0.2) is 41.4 Å². The Hall–Kier alpha value is -1.06. The van der Waals surface area contributed by atoms with Crippen molar-refractivity contribution in [3.05, 3.63) is 36.1 Å². The molecule has 3 rings (SSSR count). The normalized spacial score (nSPS) is 39.3. The van der Waals surface area contributed by atoms with E-state index in [0.29, 0.717) is 12.0 Å². The molecule has 25 heavy (non-hydrogen) atoms. The predicted molar refractivity (Wildman–Crippen MR) is 105 cm³/mol. The molecule has 142 valence electrons. The average molecular weight is 348 g/mol. The molecule has 3 aliphatic rings. The van der Waals surface area contributed by atoms with Gasteiger partial charge in [0.25, 0.3) is 0 Å². The SMILES string of the molecule is C=C(C)[C@@H]1C=C(N(C)C)[C@](C)(O)CC1.C=C(C)[C@H]1CCC2(C)OC2C1. The van der Waals surface area contributed by atoms with Crippen molar-refractivity contribution in [3.63, 3.8) is 0 Å². The van der Waals surface area contributed by atoms with Gasteiger partial charge in [-0.05, 0) is 71.6 Å². The van der Waals surface area contributed by atoms with E-state index in [4.69, 9.17) is 4.74 Å². The smallest absolute Gasteiger partial charge is 0.101 e. The first kappa shape index (κ1) is 20.3. The first-order valence-corrected chi connectivity index (χ1v) is 9.57. The zero-order valence-corrected chi connectivity index (χ0v) is 17.1. The van der Waals surface area contributed by atoms with E-state index in [-0.39, 0.29) is 5.60 Å². The van der Waals surface area contributed by atoms with Gasteiger partial charge < -0.3 is 14.7 Å². The van der Waals surface area contributed by atoms with Crippen LogP contribution in [0, 0.1) is 11.8 Å². The first-order valence-electron chi connectivity index (χ1n) is 9.57. The molecule has 3 nitrogen and oxygen atoms in total. The van der Waals surface area contributed by atoms with Crippen LogP contribution < -0.4 is 0 Å². The molecular formula is C22H37NO2. The second-order valence-electron chi connectivity index (χ2n) is 8.95. The predicted octanol–water partition coefficient (Wildman–Crippen LogP) is 4.69. The second-order valence-corrected chi connectivity index (χ2v) is 8.95. The van der Waals surface area contributed by atoms with Gasteiger partial charge in [-0.2, -0.15) is 0 Å². The van der Waals surface area contributed by atoms with Crippen molar-refractivity contribution in [1.29, 1.82) is 0 Å². The number of fused-ring (bicyclic) bond motifs is 1. The molecule has 3 heteroatoms. The Morgan fingerprint density at radius 1 is 1.16 bits per heavy atom. The number of hydrogen-bond acceptors (Lipinski definition) is 3. The molecule has 0 spiro atoms. The van der Waals surface area contributed by atoms with Crippen molar-refractivity contribution < 1.29 is 9.84 Å². The molecule has 0 aromatic heterocycles. The summed E-state index contributed by atoms with van der Waals surface area (Å²) < 4.78 is 5.60. The van der Waals surface area contributed by atoms with Crippen molar-refractivity contribution in [2.45, 2.75) is 77.1 Å². The fourth-order valence-corrected chi connectivity index (χ4v) is 4.13. The van der Waals surface area contributed by atoms with Crippen molar-refractivity contribution in [1.82, 2.24) is 4.90 Å². The van der Waals surface area contributed by atoms with Gasteiger partial charge in [0.15, 0.2) is 0 Å². The summed E-state index contributed by atoms with van der Waals surface area (Å²) in [5.74, 6) is 1.16. The lowest BCUT2D eigenvalue weighted by atomic mass is 9.80. The lowest BCUT2D eigenvalue weighted by Crippen LogP contribution is -2.38. The van der Waals surface area contributed by atoms with Crippen LogP contribution in [0.1, 0.15) is 59.8 Å². The summed E-state index contributed by atoms with van der Waals surface area (Å²) in [6.07, 6.45) is 8.24. The summed E-state index contributed by atoms with van der Waals surface area (Å²) in [6, 6.07) is 0. The molecule has 2 unspecified atom stereocenters. The van der Waals surface area contributed by atoms with Gasteiger partial charge in [-0.3, -0.25) is 0 Å². The van der Waals surface area contributed by atoms with Crippen LogP contribution in [0.15, 0.2) is 36.1 Å². The van der Waals surface area contributed by atoms with Crippen LogP contribution in [0.2, 0.25) is 0 Å². The molecule has 0 bridgehead atoms. The standard InChI is InChI=1S/C12H21NO.C10H16O/c1-9(2)10-6-7-12(3,14)11(8-10)13(4)5;1-7(2)8-4-5-10(3)9(6-8)11-10/h8,10,14H,1,6-7H2,2-5H3;8-9H,1,4-6H2,2-3H3/t10-,12+;8-,9?,10?/m00/s1. The van der Waals surface area contributed by atoms with E-state index in [9.17, 15) is 5.11 Å². The molecule has 0 amide bonds. The summed E-state index contributed by atoms with van der Waals surface area (Å²) in [5.41, 5.74) is 3.13. The number of rotatable bonds is 3. The number of aliphatic hydroxyl groups is 1. The number of ether oxygens (including phenoxy) is 1. The average Bonchev–Trinajstić information content (AvgIpc) is 3.17. The van der Waals surface area contributed by atoms with Crippen LogP contribution in [0.5, 0.6) is 0 Å². The highest BCUT2D eigenvalue weighted by atomic mass is 16.6. The van der Waals surface area contributed by atoms with Gasteiger partial charge >= 0.3 is 0 Å². The molecule has 1 aliphatic heterocycles. The van der Waals surface area contributed by atoms with Crippen molar-refractivity contribution in [3.8, 4) is 0 Å². The monoisotopic (exact) mass is 347 g/mol. The van der Waals surface area contributed by atoms with Crippen LogP contribution >= 0.6 is 0 Å². The Labute approximate surface area is 154 Å². The highest BCUT2D eigenvalue weighted by Crippen LogP contribution is 2.50. The molecule has 1 saturated heterocycles. The molecule has 1 N–H and O–H groups in total. The number of hydrogen-bond donors (Lipinski definition) is 1. The molecule has 1 saturated carbocycles. The van der Waals surface area contributed by atoms with Crippen LogP contribution in [-0.2, 0) is 4.74 Å². The van der Waals surface area contributed by atoms with Crippen molar-refractivity contribution in [2.24, 2.45) is 11.8 Å². The third-order valence-electron chi connectivity index (χ3n) is 6.19. The Bertz CT molecular complexity index is 560. The van der Waals surface area contributed by atoms with Gasteiger partial charge in [-0.25, -0.2) is 0 Å². The van der Waals surface area contributed by atoms with Gasteiger partial charge in [0.1, 0.15) is 5.60 Å². The van der Waals surface area contributed by atoms with Gasteiger partial charge in [0.2, 0.25) is 0 Å². The van der Waals surface area contributed by atoms with E-state index in [2.05, 4.69) is 40.0 Å². The third kappa shape index (κ3) is 4.77. The minimum atomic E-state index is -0.671. The molecule has 0 aromatic carbocycles. The minimum absolute atomic E-state index is 0.270. The quantitative estimate of drug-likeness (QED) is 0.594. The lowest BCUT2D eigenvalue weighted by Gasteiger charge is -2.37. The van der Waals surface area contributed by atoms with Crippen LogP contribution in [0.4, 0.5) is 0 Å². The van der Waals surface area contributed by atoms with E-state index in [1.807, 2.05) is 25.9 Å². The molecule has 2 fully saturated rings. The number of nitrogens with zero attached hydrogens (tertiary/aromatic N) is 1. The summed E-state index contributed by atoms with van der Waals surface area (Å²) in [7, 11) is 3.95. The van der Waals surface area contributed by atoms with E-state index in [1.54, 1.807) is 0 Å². The maximum absolute atomic E-state index is 10.2. The third-order valence-corrected chi connectivity index (χ3v) is 6.19.